The Morgan fingerprint density at radius 3 is 2.65 bits per heavy atom. The standard InChI is InChI=1S/C14H19N3/c1-5-10-14(2)15-12-9-7-6-8-11(12)13(16-14)17(3)4/h5-10,16H,1-4H3/b10-5+. The van der Waals surface area contributed by atoms with E-state index < -0.39 is 0 Å². The lowest BCUT2D eigenvalue weighted by molar-refractivity contribution is 0.438. The summed E-state index contributed by atoms with van der Waals surface area (Å²) >= 11 is 0. The smallest absolute Gasteiger partial charge is 0.147 e. The summed E-state index contributed by atoms with van der Waals surface area (Å²) in [7, 11) is 4.08. The van der Waals surface area contributed by atoms with Gasteiger partial charge in [0.25, 0.3) is 0 Å². The second-order valence-electron chi connectivity index (χ2n) is 4.64. The maximum Gasteiger partial charge on any atom is 0.147 e. The predicted octanol–water partition coefficient (Wildman–Crippen LogP) is 0.829. The Balaban J connectivity index is 2.71. The zero-order chi connectivity index (χ0) is 12.5. The molecule has 1 atom stereocenters. The number of nitrogens with zero attached hydrogens (tertiary/aromatic N) is 2. The first-order chi connectivity index (χ1) is 8.06. The number of nitrogens with one attached hydrogen (secondary N) is 1. The quantitative estimate of drug-likeness (QED) is 0.761. The fourth-order valence-electron chi connectivity index (χ4n) is 2.11. The largest absolute Gasteiger partial charge is 0.364 e. The van der Waals surface area contributed by atoms with Gasteiger partial charge in [0.15, 0.2) is 0 Å². The van der Waals surface area contributed by atoms with Gasteiger partial charge in [-0.3, -0.25) is 4.99 Å². The fourth-order valence-corrected chi connectivity index (χ4v) is 2.11. The van der Waals surface area contributed by atoms with E-state index in [1.165, 1.54) is 0 Å². The summed E-state index contributed by atoms with van der Waals surface area (Å²) in [5, 5.41) is 5.67. The van der Waals surface area contributed by atoms with Crippen molar-refractivity contribution in [3.05, 3.63) is 47.0 Å². The molecule has 0 saturated carbocycles. The first-order valence-corrected chi connectivity index (χ1v) is 5.84. The molecule has 1 N–H and O–H groups in total. The molecule has 2 rings (SSSR count). The number of fused-ring (bicyclic) bond motifs is 1. The van der Waals surface area contributed by atoms with Crippen LogP contribution in [0, 0.1) is 0 Å². The zero-order valence-corrected chi connectivity index (χ0v) is 10.9. The van der Waals surface area contributed by atoms with E-state index in [2.05, 4.69) is 35.3 Å². The number of hydrogen-bond acceptors (Lipinski definition) is 3. The van der Waals surface area contributed by atoms with Crippen molar-refractivity contribution in [2.75, 3.05) is 14.1 Å². The fraction of sp³-hybridized carbons (Fsp3) is 0.357. The average Bonchev–Trinajstić information content (AvgIpc) is 2.27. The number of hydrogen-bond donors (Lipinski definition) is 1. The number of para-hydroxylation sites is 1. The lowest BCUT2D eigenvalue weighted by atomic mass is 10.1. The van der Waals surface area contributed by atoms with Crippen molar-refractivity contribution >= 4 is 5.82 Å². The minimum absolute atomic E-state index is 0.358. The molecule has 0 fully saturated rings. The van der Waals surface area contributed by atoms with Crippen molar-refractivity contribution in [3.63, 3.8) is 0 Å². The monoisotopic (exact) mass is 229 g/mol. The molecule has 3 heteroatoms. The van der Waals surface area contributed by atoms with Gasteiger partial charge in [0, 0.05) is 19.3 Å². The third-order valence-electron chi connectivity index (χ3n) is 2.82. The molecule has 0 bridgehead atoms. The maximum absolute atomic E-state index is 4.75. The Kier molecular flexibility index (Phi) is 2.92. The van der Waals surface area contributed by atoms with Crippen molar-refractivity contribution in [1.29, 1.82) is 0 Å². The van der Waals surface area contributed by atoms with E-state index >= 15 is 0 Å². The van der Waals surface area contributed by atoms with E-state index in [1.807, 2.05) is 39.2 Å². The normalized spacial score (nSPS) is 22.9. The van der Waals surface area contributed by atoms with Crippen molar-refractivity contribution in [2.45, 2.75) is 19.5 Å². The molecule has 90 valence electrons. The van der Waals surface area contributed by atoms with Crippen molar-refractivity contribution in [1.82, 2.24) is 10.2 Å². The molecule has 0 aromatic heterocycles. The van der Waals surface area contributed by atoms with Crippen LogP contribution in [0.3, 0.4) is 0 Å². The van der Waals surface area contributed by atoms with E-state index in [0.29, 0.717) is 0 Å². The number of benzene rings is 1. The third-order valence-corrected chi connectivity index (χ3v) is 2.82. The Morgan fingerprint density at radius 1 is 1.29 bits per heavy atom. The second kappa shape index (κ2) is 4.24. The molecule has 1 heterocycles. The molecule has 17 heavy (non-hydrogen) atoms. The molecule has 0 spiro atoms. The summed E-state index contributed by atoms with van der Waals surface area (Å²) in [6.07, 6.45) is 4.10. The van der Waals surface area contributed by atoms with Crippen LogP contribution in [0.1, 0.15) is 13.8 Å². The minimum Gasteiger partial charge on any atom is -0.364 e. The molecule has 0 saturated heterocycles. The Hall–Kier alpha value is -1.77. The van der Waals surface area contributed by atoms with Crippen LogP contribution in [0.2, 0.25) is 0 Å². The van der Waals surface area contributed by atoms with Gasteiger partial charge in [-0.05, 0) is 32.1 Å². The summed E-state index contributed by atoms with van der Waals surface area (Å²) in [5.41, 5.74) is -0.358. The van der Waals surface area contributed by atoms with Gasteiger partial charge in [-0.25, -0.2) is 0 Å². The molecule has 1 aliphatic heterocycles. The molecule has 0 aliphatic carbocycles. The van der Waals surface area contributed by atoms with E-state index in [0.717, 1.165) is 16.4 Å². The van der Waals surface area contributed by atoms with E-state index in [1.54, 1.807) is 0 Å². The SMILES string of the molecule is C/C=C/C1(C)N=c2ccccc2=C(N(C)C)N1. The molecule has 1 unspecified atom stereocenters. The van der Waals surface area contributed by atoms with E-state index in [9.17, 15) is 0 Å². The summed E-state index contributed by atoms with van der Waals surface area (Å²) in [5.74, 6) is 1.11. The molecule has 0 amide bonds. The predicted molar refractivity (Wildman–Crippen MR) is 70.7 cm³/mol. The topological polar surface area (TPSA) is 27.6 Å². The van der Waals surface area contributed by atoms with Crippen LogP contribution in [-0.2, 0) is 0 Å². The van der Waals surface area contributed by atoms with Crippen LogP contribution < -0.4 is 15.9 Å². The van der Waals surface area contributed by atoms with Crippen LogP contribution in [0.5, 0.6) is 0 Å². The molecular formula is C14H19N3. The molecule has 1 aliphatic rings. The average molecular weight is 229 g/mol. The van der Waals surface area contributed by atoms with Crippen LogP contribution in [-0.4, -0.2) is 24.7 Å². The highest BCUT2D eigenvalue weighted by molar-refractivity contribution is 5.43. The third kappa shape index (κ3) is 2.18. The molecular weight excluding hydrogens is 210 g/mol. The lowest BCUT2D eigenvalue weighted by Gasteiger charge is -2.32. The van der Waals surface area contributed by atoms with Gasteiger partial charge in [0.1, 0.15) is 11.5 Å². The second-order valence-corrected chi connectivity index (χ2v) is 4.64. The molecule has 1 aromatic rings. The van der Waals surface area contributed by atoms with Gasteiger partial charge < -0.3 is 10.2 Å². The maximum atomic E-state index is 4.75. The first kappa shape index (κ1) is 11.7. The van der Waals surface area contributed by atoms with Gasteiger partial charge in [0.05, 0.1) is 5.36 Å². The van der Waals surface area contributed by atoms with Crippen LogP contribution in [0.15, 0.2) is 41.4 Å². The zero-order valence-electron chi connectivity index (χ0n) is 10.9. The first-order valence-electron chi connectivity index (χ1n) is 5.84. The summed E-state index contributed by atoms with van der Waals surface area (Å²) in [6, 6.07) is 8.21. The number of allylic oxidation sites excluding steroid dienone is 1. The van der Waals surface area contributed by atoms with Crippen molar-refractivity contribution in [3.8, 4) is 0 Å². The minimum atomic E-state index is -0.358. The van der Waals surface area contributed by atoms with Gasteiger partial charge in [0.2, 0.25) is 0 Å². The highest BCUT2D eigenvalue weighted by Gasteiger charge is 2.24. The Bertz CT molecular complexity index is 557. The number of rotatable bonds is 2. The molecule has 3 nitrogen and oxygen atoms in total. The van der Waals surface area contributed by atoms with Crippen molar-refractivity contribution in [2.24, 2.45) is 4.99 Å². The highest BCUT2D eigenvalue weighted by atomic mass is 15.3. The highest BCUT2D eigenvalue weighted by Crippen LogP contribution is 2.12. The Labute approximate surface area is 102 Å². The van der Waals surface area contributed by atoms with Gasteiger partial charge in [-0.1, -0.05) is 18.2 Å². The van der Waals surface area contributed by atoms with Gasteiger partial charge in [-0.2, -0.15) is 0 Å². The lowest BCUT2D eigenvalue weighted by Crippen LogP contribution is -2.52. The summed E-state index contributed by atoms with van der Waals surface area (Å²) in [4.78, 5) is 6.85. The van der Waals surface area contributed by atoms with Gasteiger partial charge in [-0.15, -0.1) is 0 Å². The van der Waals surface area contributed by atoms with Crippen LogP contribution in [0.25, 0.3) is 5.82 Å². The Morgan fingerprint density at radius 2 is 2.00 bits per heavy atom. The van der Waals surface area contributed by atoms with Gasteiger partial charge >= 0.3 is 0 Å². The summed E-state index contributed by atoms with van der Waals surface area (Å²) < 4.78 is 0. The van der Waals surface area contributed by atoms with Crippen LogP contribution >= 0.6 is 0 Å². The van der Waals surface area contributed by atoms with E-state index in [4.69, 9.17) is 4.99 Å². The van der Waals surface area contributed by atoms with E-state index in [-0.39, 0.29) is 5.66 Å². The van der Waals surface area contributed by atoms with Crippen molar-refractivity contribution < 1.29 is 0 Å². The molecule has 0 radical (unpaired) electrons. The van der Waals surface area contributed by atoms with Crippen LogP contribution in [0.4, 0.5) is 0 Å². The summed E-state index contributed by atoms with van der Waals surface area (Å²) in [6.45, 7) is 4.09. The molecule has 1 aromatic carbocycles.